The normalized spacial score (nSPS) is 15.3. The summed E-state index contributed by atoms with van der Waals surface area (Å²) in [5.41, 5.74) is 0.548. The van der Waals surface area contributed by atoms with Crippen molar-refractivity contribution in [1.82, 2.24) is 9.80 Å². The maximum Gasteiger partial charge on any atom is 0.409 e. The standard InChI is InChI=1S/C15H20N2O4/c1-20-13-7-4-3-6-12(13)14(18)16-8-5-9-17(11-10-16)15(19)21-2/h3-4,6-7H,5,8-11H2,1-2H3. The Bertz CT molecular complexity index is 518. The molecule has 1 saturated heterocycles. The Kier molecular flexibility index (Phi) is 5.03. The van der Waals surface area contributed by atoms with Crippen molar-refractivity contribution in [2.24, 2.45) is 0 Å². The van der Waals surface area contributed by atoms with E-state index in [1.807, 2.05) is 12.1 Å². The Morgan fingerprint density at radius 1 is 1.00 bits per heavy atom. The Labute approximate surface area is 124 Å². The molecule has 6 heteroatoms. The van der Waals surface area contributed by atoms with Gasteiger partial charge in [-0.05, 0) is 18.6 Å². The van der Waals surface area contributed by atoms with E-state index in [2.05, 4.69) is 0 Å². The molecule has 1 heterocycles. The number of para-hydroxylation sites is 1. The number of carbonyl (C=O) groups is 2. The number of hydrogen-bond acceptors (Lipinski definition) is 4. The quantitative estimate of drug-likeness (QED) is 0.831. The highest BCUT2D eigenvalue weighted by Gasteiger charge is 2.24. The van der Waals surface area contributed by atoms with Gasteiger partial charge in [0.2, 0.25) is 0 Å². The van der Waals surface area contributed by atoms with Crippen LogP contribution in [0.4, 0.5) is 4.79 Å². The lowest BCUT2D eigenvalue weighted by atomic mass is 10.1. The van der Waals surface area contributed by atoms with E-state index in [0.717, 1.165) is 6.42 Å². The zero-order valence-corrected chi connectivity index (χ0v) is 12.4. The van der Waals surface area contributed by atoms with E-state index in [4.69, 9.17) is 9.47 Å². The Morgan fingerprint density at radius 2 is 1.67 bits per heavy atom. The van der Waals surface area contributed by atoms with Crippen LogP contribution in [0, 0.1) is 0 Å². The molecule has 0 atom stereocenters. The first-order chi connectivity index (χ1) is 10.2. The molecule has 1 aromatic carbocycles. The second kappa shape index (κ2) is 6.97. The van der Waals surface area contributed by atoms with Gasteiger partial charge in [-0.15, -0.1) is 0 Å². The van der Waals surface area contributed by atoms with Gasteiger partial charge in [-0.1, -0.05) is 12.1 Å². The highest BCUT2D eigenvalue weighted by molar-refractivity contribution is 5.97. The molecule has 2 rings (SSSR count). The lowest BCUT2D eigenvalue weighted by molar-refractivity contribution is 0.0754. The third-order valence-electron chi connectivity index (χ3n) is 3.55. The van der Waals surface area contributed by atoms with E-state index in [0.29, 0.717) is 37.5 Å². The summed E-state index contributed by atoms with van der Waals surface area (Å²) in [6.07, 6.45) is 0.386. The first-order valence-corrected chi connectivity index (χ1v) is 6.92. The SMILES string of the molecule is COC(=O)N1CCCN(C(=O)c2ccccc2OC)CC1. The van der Waals surface area contributed by atoms with Gasteiger partial charge >= 0.3 is 6.09 Å². The van der Waals surface area contributed by atoms with Crippen LogP contribution in [0.15, 0.2) is 24.3 Å². The van der Waals surface area contributed by atoms with Gasteiger partial charge in [0, 0.05) is 26.2 Å². The maximum atomic E-state index is 12.6. The summed E-state index contributed by atoms with van der Waals surface area (Å²) in [5, 5.41) is 0. The Balaban J connectivity index is 2.08. The van der Waals surface area contributed by atoms with Gasteiger partial charge in [0.15, 0.2) is 0 Å². The van der Waals surface area contributed by atoms with Crippen LogP contribution in [0.2, 0.25) is 0 Å². The van der Waals surface area contributed by atoms with Crippen LogP contribution < -0.4 is 4.74 Å². The molecule has 0 aromatic heterocycles. The fourth-order valence-electron chi connectivity index (χ4n) is 2.42. The van der Waals surface area contributed by atoms with Crippen LogP contribution in [-0.2, 0) is 4.74 Å². The number of hydrogen-bond donors (Lipinski definition) is 0. The van der Waals surface area contributed by atoms with Gasteiger partial charge in [0.25, 0.3) is 5.91 Å². The minimum absolute atomic E-state index is 0.0702. The molecule has 0 unspecified atom stereocenters. The molecule has 1 aliphatic rings. The number of benzene rings is 1. The van der Waals surface area contributed by atoms with Crippen molar-refractivity contribution >= 4 is 12.0 Å². The minimum Gasteiger partial charge on any atom is -0.496 e. The molecule has 0 spiro atoms. The zero-order chi connectivity index (χ0) is 15.2. The molecule has 1 fully saturated rings. The average Bonchev–Trinajstić information content (AvgIpc) is 2.79. The van der Waals surface area contributed by atoms with E-state index < -0.39 is 0 Å². The molecule has 1 aliphatic heterocycles. The molecule has 114 valence electrons. The van der Waals surface area contributed by atoms with E-state index >= 15 is 0 Å². The number of amides is 2. The lowest BCUT2D eigenvalue weighted by Gasteiger charge is -2.22. The van der Waals surface area contributed by atoms with Crippen LogP contribution in [0.25, 0.3) is 0 Å². The van der Waals surface area contributed by atoms with Crippen LogP contribution in [0.5, 0.6) is 5.75 Å². The molecular formula is C15H20N2O4. The van der Waals surface area contributed by atoms with Crippen LogP contribution >= 0.6 is 0 Å². The number of methoxy groups -OCH3 is 2. The summed E-state index contributed by atoms with van der Waals surface area (Å²) in [4.78, 5) is 27.5. The molecular weight excluding hydrogens is 272 g/mol. The number of carbonyl (C=O) groups excluding carboxylic acids is 2. The summed E-state index contributed by atoms with van der Waals surface area (Å²) >= 11 is 0. The van der Waals surface area contributed by atoms with Crippen molar-refractivity contribution in [3.63, 3.8) is 0 Å². The summed E-state index contributed by atoms with van der Waals surface area (Å²) in [7, 11) is 2.92. The second-order valence-corrected chi connectivity index (χ2v) is 4.80. The number of rotatable bonds is 2. The third-order valence-corrected chi connectivity index (χ3v) is 3.55. The van der Waals surface area contributed by atoms with Crippen molar-refractivity contribution in [2.45, 2.75) is 6.42 Å². The third kappa shape index (κ3) is 3.45. The van der Waals surface area contributed by atoms with Crippen molar-refractivity contribution in [3.05, 3.63) is 29.8 Å². The van der Waals surface area contributed by atoms with Crippen LogP contribution in [0.3, 0.4) is 0 Å². The maximum absolute atomic E-state index is 12.6. The molecule has 6 nitrogen and oxygen atoms in total. The van der Waals surface area contributed by atoms with Gasteiger partial charge in [0.1, 0.15) is 5.75 Å². The summed E-state index contributed by atoms with van der Waals surface area (Å²) < 4.78 is 9.96. The van der Waals surface area contributed by atoms with Gasteiger partial charge in [0.05, 0.1) is 19.8 Å². The topological polar surface area (TPSA) is 59.1 Å². The molecule has 1 aromatic rings. The highest BCUT2D eigenvalue weighted by atomic mass is 16.5. The van der Waals surface area contributed by atoms with Crippen LogP contribution in [0.1, 0.15) is 16.8 Å². The van der Waals surface area contributed by atoms with Gasteiger partial charge < -0.3 is 19.3 Å². The summed E-state index contributed by atoms with van der Waals surface area (Å²) in [6, 6.07) is 7.17. The average molecular weight is 292 g/mol. The monoisotopic (exact) mass is 292 g/mol. The molecule has 0 aliphatic carbocycles. The fourth-order valence-corrected chi connectivity index (χ4v) is 2.42. The van der Waals surface area contributed by atoms with Crippen molar-refractivity contribution in [2.75, 3.05) is 40.4 Å². The molecule has 21 heavy (non-hydrogen) atoms. The molecule has 2 amide bonds. The zero-order valence-electron chi connectivity index (χ0n) is 12.4. The lowest BCUT2D eigenvalue weighted by Crippen LogP contribution is -2.37. The van der Waals surface area contributed by atoms with Gasteiger partial charge in [-0.25, -0.2) is 4.79 Å². The largest absolute Gasteiger partial charge is 0.496 e. The molecule has 0 bridgehead atoms. The highest BCUT2D eigenvalue weighted by Crippen LogP contribution is 2.20. The first kappa shape index (κ1) is 15.2. The number of nitrogens with zero attached hydrogens (tertiary/aromatic N) is 2. The first-order valence-electron chi connectivity index (χ1n) is 6.92. The minimum atomic E-state index is -0.346. The fraction of sp³-hybridized carbons (Fsp3) is 0.467. The molecule has 0 N–H and O–H groups in total. The smallest absolute Gasteiger partial charge is 0.409 e. The predicted molar refractivity (Wildman–Crippen MR) is 77.5 cm³/mol. The Morgan fingerprint density at radius 3 is 2.38 bits per heavy atom. The summed E-state index contributed by atoms with van der Waals surface area (Å²) in [5.74, 6) is 0.496. The summed E-state index contributed by atoms with van der Waals surface area (Å²) in [6.45, 7) is 2.19. The van der Waals surface area contributed by atoms with E-state index in [-0.39, 0.29) is 12.0 Å². The van der Waals surface area contributed by atoms with Crippen LogP contribution in [-0.4, -0.2) is 62.2 Å². The van der Waals surface area contributed by atoms with Crippen molar-refractivity contribution < 1.29 is 19.1 Å². The molecule has 0 radical (unpaired) electrons. The van der Waals surface area contributed by atoms with E-state index in [1.54, 1.807) is 29.0 Å². The van der Waals surface area contributed by atoms with Gasteiger partial charge in [-0.2, -0.15) is 0 Å². The van der Waals surface area contributed by atoms with Crippen molar-refractivity contribution in [3.8, 4) is 5.75 Å². The molecule has 0 saturated carbocycles. The second-order valence-electron chi connectivity index (χ2n) is 4.80. The predicted octanol–water partition coefficient (Wildman–Crippen LogP) is 1.61. The van der Waals surface area contributed by atoms with E-state index in [1.165, 1.54) is 7.11 Å². The van der Waals surface area contributed by atoms with Gasteiger partial charge in [-0.3, -0.25) is 4.79 Å². The van der Waals surface area contributed by atoms with E-state index in [9.17, 15) is 9.59 Å². The van der Waals surface area contributed by atoms with Crippen molar-refractivity contribution in [1.29, 1.82) is 0 Å². The Hall–Kier alpha value is -2.24. The number of ether oxygens (including phenoxy) is 2.